The summed E-state index contributed by atoms with van der Waals surface area (Å²) >= 11 is 1.97. The monoisotopic (exact) mass is 364 g/mol. The summed E-state index contributed by atoms with van der Waals surface area (Å²) in [4.78, 5) is 29.9. The molecule has 25 heavy (non-hydrogen) atoms. The Balaban J connectivity index is 1.51. The SMILES string of the molecule is CC(=O)N1C2CCCCC2N(C(=O)C2CC3CCCCC3S2)C[C@@H]1C. The Morgan fingerprint density at radius 3 is 2.36 bits per heavy atom. The molecule has 0 radical (unpaired) electrons. The third kappa shape index (κ3) is 3.22. The van der Waals surface area contributed by atoms with E-state index in [9.17, 15) is 9.59 Å². The Morgan fingerprint density at radius 1 is 0.960 bits per heavy atom. The number of carbonyl (C=O) groups is 2. The third-order valence-corrected chi connectivity index (χ3v) is 8.70. The fourth-order valence-electron chi connectivity index (χ4n) is 5.92. The Kier molecular flexibility index (Phi) is 5.04. The quantitative estimate of drug-likeness (QED) is 0.716. The second-order valence-electron chi connectivity index (χ2n) is 8.63. The van der Waals surface area contributed by atoms with Crippen LogP contribution < -0.4 is 0 Å². The van der Waals surface area contributed by atoms with E-state index >= 15 is 0 Å². The number of thioether (sulfide) groups is 1. The average molecular weight is 365 g/mol. The molecule has 2 heterocycles. The first-order valence-electron chi connectivity index (χ1n) is 10.3. The first-order valence-corrected chi connectivity index (χ1v) is 11.3. The van der Waals surface area contributed by atoms with E-state index in [-0.39, 0.29) is 29.3 Å². The number of carbonyl (C=O) groups excluding carboxylic acids is 2. The van der Waals surface area contributed by atoms with E-state index in [1.165, 1.54) is 38.5 Å². The minimum absolute atomic E-state index is 0.148. The van der Waals surface area contributed by atoms with Gasteiger partial charge in [-0.3, -0.25) is 9.59 Å². The van der Waals surface area contributed by atoms with Crippen molar-refractivity contribution in [3.63, 3.8) is 0 Å². The maximum Gasteiger partial charge on any atom is 0.236 e. The van der Waals surface area contributed by atoms with E-state index < -0.39 is 0 Å². The molecular formula is C20H32N2O2S. The highest BCUT2D eigenvalue weighted by Crippen LogP contribution is 2.47. The van der Waals surface area contributed by atoms with Gasteiger partial charge in [0.2, 0.25) is 11.8 Å². The summed E-state index contributed by atoms with van der Waals surface area (Å²) in [6, 6.07) is 0.645. The lowest BCUT2D eigenvalue weighted by molar-refractivity contribution is -0.152. The van der Waals surface area contributed by atoms with Crippen LogP contribution in [0.5, 0.6) is 0 Å². The van der Waals surface area contributed by atoms with Crippen molar-refractivity contribution in [2.75, 3.05) is 6.54 Å². The molecule has 2 aliphatic heterocycles. The first-order chi connectivity index (χ1) is 12.1. The predicted molar refractivity (Wildman–Crippen MR) is 101 cm³/mol. The molecule has 0 N–H and O–H groups in total. The van der Waals surface area contributed by atoms with Gasteiger partial charge in [0.05, 0.1) is 17.3 Å². The third-order valence-electron chi connectivity index (χ3n) is 7.00. The van der Waals surface area contributed by atoms with Crippen molar-refractivity contribution >= 4 is 23.6 Å². The Hall–Kier alpha value is -0.710. The van der Waals surface area contributed by atoms with Gasteiger partial charge in [-0.05, 0) is 44.9 Å². The maximum atomic E-state index is 13.4. The summed E-state index contributed by atoms with van der Waals surface area (Å²) in [5.41, 5.74) is 0. The zero-order valence-electron chi connectivity index (χ0n) is 15.7. The van der Waals surface area contributed by atoms with E-state index in [0.29, 0.717) is 5.91 Å². The second kappa shape index (κ2) is 7.13. The van der Waals surface area contributed by atoms with Crippen LogP contribution >= 0.6 is 11.8 Å². The molecule has 6 atom stereocenters. The molecule has 0 aromatic rings. The molecular weight excluding hydrogens is 332 g/mol. The molecule has 2 saturated heterocycles. The first kappa shape index (κ1) is 17.7. The highest BCUT2D eigenvalue weighted by molar-refractivity contribution is 8.01. The van der Waals surface area contributed by atoms with Gasteiger partial charge >= 0.3 is 0 Å². The molecule has 2 amide bonds. The van der Waals surface area contributed by atoms with Crippen molar-refractivity contribution in [1.82, 2.24) is 9.80 Å². The molecule has 5 unspecified atom stereocenters. The zero-order chi connectivity index (χ0) is 17.6. The van der Waals surface area contributed by atoms with Gasteiger partial charge in [0, 0.05) is 24.8 Å². The van der Waals surface area contributed by atoms with E-state index in [4.69, 9.17) is 0 Å². The number of fused-ring (bicyclic) bond motifs is 2. The van der Waals surface area contributed by atoms with Gasteiger partial charge in [-0.25, -0.2) is 0 Å². The minimum atomic E-state index is 0.148. The Bertz CT molecular complexity index is 526. The molecule has 0 spiro atoms. The van der Waals surface area contributed by atoms with Gasteiger partial charge in [-0.2, -0.15) is 0 Å². The minimum Gasteiger partial charge on any atom is -0.335 e. The van der Waals surface area contributed by atoms with Gasteiger partial charge in [0.25, 0.3) is 0 Å². The summed E-state index contributed by atoms with van der Waals surface area (Å²) in [6.45, 7) is 4.54. The van der Waals surface area contributed by atoms with Crippen molar-refractivity contribution in [2.45, 2.75) is 100 Å². The van der Waals surface area contributed by atoms with Crippen LogP contribution in [0, 0.1) is 5.92 Å². The van der Waals surface area contributed by atoms with Crippen molar-refractivity contribution in [1.29, 1.82) is 0 Å². The average Bonchev–Trinajstić information content (AvgIpc) is 3.04. The van der Waals surface area contributed by atoms with Crippen molar-refractivity contribution in [3.05, 3.63) is 0 Å². The van der Waals surface area contributed by atoms with Crippen molar-refractivity contribution in [3.8, 4) is 0 Å². The number of amides is 2. The fourth-order valence-corrected chi connectivity index (χ4v) is 7.72. The zero-order valence-corrected chi connectivity index (χ0v) is 16.5. The van der Waals surface area contributed by atoms with E-state index in [0.717, 1.165) is 37.0 Å². The summed E-state index contributed by atoms with van der Waals surface area (Å²) in [7, 11) is 0. The summed E-state index contributed by atoms with van der Waals surface area (Å²) < 4.78 is 0. The van der Waals surface area contributed by atoms with Gasteiger partial charge in [-0.1, -0.05) is 25.7 Å². The largest absolute Gasteiger partial charge is 0.335 e. The van der Waals surface area contributed by atoms with Crippen molar-refractivity contribution in [2.24, 2.45) is 5.92 Å². The summed E-state index contributed by atoms with van der Waals surface area (Å²) in [6.07, 6.45) is 10.9. The molecule has 4 rings (SSSR count). The summed E-state index contributed by atoms with van der Waals surface area (Å²) in [5.74, 6) is 1.33. The molecule has 0 bridgehead atoms. The highest BCUT2D eigenvalue weighted by atomic mass is 32.2. The van der Waals surface area contributed by atoms with Gasteiger partial charge in [0.1, 0.15) is 0 Å². The lowest BCUT2D eigenvalue weighted by Gasteiger charge is -2.53. The topological polar surface area (TPSA) is 40.6 Å². The number of hydrogen-bond donors (Lipinski definition) is 0. The van der Waals surface area contributed by atoms with Crippen LogP contribution in [0.3, 0.4) is 0 Å². The van der Waals surface area contributed by atoms with Crippen LogP contribution in [0.4, 0.5) is 0 Å². The van der Waals surface area contributed by atoms with Crippen LogP contribution in [-0.4, -0.2) is 56.8 Å². The van der Waals surface area contributed by atoms with Gasteiger partial charge < -0.3 is 9.80 Å². The number of hydrogen-bond acceptors (Lipinski definition) is 3. The molecule has 0 aromatic carbocycles. The fraction of sp³-hybridized carbons (Fsp3) is 0.900. The lowest BCUT2D eigenvalue weighted by atomic mass is 9.83. The number of nitrogens with zero attached hydrogens (tertiary/aromatic N) is 2. The molecule has 2 aliphatic carbocycles. The van der Waals surface area contributed by atoms with Crippen LogP contribution in [-0.2, 0) is 9.59 Å². The normalized spacial score (nSPS) is 41.2. The lowest BCUT2D eigenvalue weighted by Crippen LogP contribution is -2.67. The maximum absolute atomic E-state index is 13.4. The molecule has 4 fully saturated rings. The van der Waals surface area contributed by atoms with E-state index in [2.05, 4.69) is 16.7 Å². The van der Waals surface area contributed by atoms with Crippen LogP contribution in [0.2, 0.25) is 0 Å². The van der Waals surface area contributed by atoms with Crippen molar-refractivity contribution < 1.29 is 9.59 Å². The highest BCUT2D eigenvalue weighted by Gasteiger charge is 2.47. The Labute approximate surface area is 156 Å². The van der Waals surface area contributed by atoms with Crippen LogP contribution in [0.25, 0.3) is 0 Å². The molecule has 140 valence electrons. The van der Waals surface area contributed by atoms with E-state index in [1.807, 2.05) is 11.8 Å². The number of piperazine rings is 1. The van der Waals surface area contributed by atoms with E-state index in [1.54, 1.807) is 6.92 Å². The standard InChI is InChI=1S/C20H32N2O2S/c1-13-12-21(16-8-4-5-9-17(16)22(13)14(2)23)20(24)19-11-15-7-3-6-10-18(15)25-19/h13,15-19H,3-12H2,1-2H3/t13-,15?,16?,17?,18?,19?/m0/s1. The molecule has 4 nitrogen and oxygen atoms in total. The Morgan fingerprint density at radius 2 is 1.64 bits per heavy atom. The predicted octanol–water partition coefficient (Wildman–Crippen LogP) is 3.44. The summed E-state index contributed by atoms with van der Waals surface area (Å²) in [5, 5.41) is 0.896. The molecule has 0 aromatic heterocycles. The second-order valence-corrected chi connectivity index (χ2v) is 10.1. The van der Waals surface area contributed by atoms with Gasteiger partial charge in [-0.15, -0.1) is 11.8 Å². The van der Waals surface area contributed by atoms with Gasteiger partial charge in [0.15, 0.2) is 0 Å². The molecule has 4 aliphatic rings. The smallest absolute Gasteiger partial charge is 0.236 e. The van der Waals surface area contributed by atoms with Crippen LogP contribution in [0.1, 0.15) is 71.6 Å². The van der Waals surface area contributed by atoms with Crippen LogP contribution in [0.15, 0.2) is 0 Å². The molecule has 5 heteroatoms. The number of rotatable bonds is 1. The molecule has 2 saturated carbocycles.